The monoisotopic (exact) mass is 492 g/mol. The molecule has 2 aromatic carbocycles. The first-order valence-corrected chi connectivity index (χ1v) is 12.9. The molecule has 2 heterocycles. The van der Waals surface area contributed by atoms with Crippen LogP contribution in [0.5, 0.6) is 0 Å². The molecular formula is C23H22ClFN2O3S2. The normalized spacial score (nSPS) is 17.0. The molecule has 9 heteroatoms. The van der Waals surface area contributed by atoms with Crippen molar-refractivity contribution in [1.29, 1.82) is 0 Å². The molecule has 0 radical (unpaired) electrons. The predicted molar refractivity (Wildman–Crippen MR) is 128 cm³/mol. The molecule has 32 heavy (non-hydrogen) atoms. The van der Waals surface area contributed by atoms with Gasteiger partial charge in [-0.3, -0.25) is 5.01 Å². The molecule has 1 aliphatic heterocycles. The van der Waals surface area contributed by atoms with Crippen LogP contribution in [0.15, 0.2) is 65.6 Å². The third-order valence-electron chi connectivity index (χ3n) is 5.17. The summed E-state index contributed by atoms with van der Waals surface area (Å²) in [6, 6.07) is 14.7. The van der Waals surface area contributed by atoms with Crippen molar-refractivity contribution in [2.45, 2.75) is 30.4 Å². The Bertz CT molecular complexity index is 1310. The van der Waals surface area contributed by atoms with Crippen molar-refractivity contribution in [2.24, 2.45) is 0 Å². The summed E-state index contributed by atoms with van der Waals surface area (Å²) in [5, 5.41) is 12.2. The van der Waals surface area contributed by atoms with Crippen molar-refractivity contribution in [3.8, 4) is 10.4 Å². The predicted octanol–water partition coefficient (Wildman–Crippen LogP) is 5.12. The second kappa shape index (κ2) is 8.28. The van der Waals surface area contributed by atoms with E-state index in [0.717, 1.165) is 21.0 Å². The number of hydrazine groups is 1. The number of nitrogens with zero attached hydrogens (tertiary/aromatic N) is 1. The minimum Gasteiger partial charge on any atom is -0.388 e. The van der Waals surface area contributed by atoms with E-state index < -0.39 is 27.3 Å². The lowest BCUT2D eigenvalue weighted by atomic mass is 9.99. The van der Waals surface area contributed by atoms with Gasteiger partial charge in [0, 0.05) is 11.1 Å². The van der Waals surface area contributed by atoms with Gasteiger partial charge in [-0.05, 0) is 61.9 Å². The van der Waals surface area contributed by atoms with E-state index >= 15 is 0 Å². The number of benzene rings is 2. The number of sulfone groups is 1. The van der Waals surface area contributed by atoms with E-state index in [0.29, 0.717) is 5.69 Å². The van der Waals surface area contributed by atoms with E-state index in [9.17, 15) is 17.9 Å². The zero-order valence-corrected chi connectivity index (χ0v) is 20.0. The molecule has 1 atom stereocenters. The molecular weight excluding hydrogens is 471 g/mol. The van der Waals surface area contributed by atoms with Crippen LogP contribution in [0.2, 0.25) is 5.02 Å². The van der Waals surface area contributed by atoms with Crippen LogP contribution in [0, 0.1) is 5.82 Å². The first-order valence-electron chi connectivity index (χ1n) is 9.80. The Morgan fingerprint density at radius 3 is 2.50 bits per heavy atom. The Morgan fingerprint density at radius 1 is 1.12 bits per heavy atom. The Hall–Kier alpha value is -2.23. The van der Waals surface area contributed by atoms with Gasteiger partial charge in [-0.2, -0.15) is 0 Å². The SMILES string of the molecule is CC(C)(O)C1C=C(c2ccc(-c3cccc(S(C)(=O)=O)c3)s2)N(c2cccc(F)c2Cl)N1. The maximum atomic E-state index is 14.2. The number of nitrogens with one attached hydrogen (secondary N) is 1. The minimum atomic E-state index is -3.32. The molecule has 0 spiro atoms. The molecule has 2 N–H and O–H groups in total. The maximum absolute atomic E-state index is 14.2. The number of rotatable bonds is 5. The third kappa shape index (κ3) is 4.46. The van der Waals surface area contributed by atoms with Crippen molar-refractivity contribution >= 4 is 44.2 Å². The van der Waals surface area contributed by atoms with Crippen molar-refractivity contribution < 1.29 is 17.9 Å². The molecule has 0 aliphatic carbocycles. The lowest BCUT2D eigenvalue weighted by Gasteiger charge is -2.29. The van der Waals surface area contributed by atoms with E-state index in [2.05, 4.69) is 5.43 Å². The van der Waals surface area contributed by atoms with Gasteiger partial charge in [0.1, 0.15) is 10.8 Å². The number of hydrogen-bond donors (Lipinski definition) is 2. The Labute approximate surface area is 195 Å². The minimum absolute atomic E-state index is 0.0278. The standard InChI is InChI=1S/C23H22ClFN2O3S2/c1-23(2,28)21-13-18(27(26-21)17-9-5-8-16(25)22(17)24)20-11-10-19(31-20)14-6-4-7-15(12-14)32(3,29)30/h4-13,21,26,28H,1-3H3. The highest BCUT2D eigenvalue weighted by molar-refractivity contribution is 7.90. The van der Waals surface area contributed by atoms with Gasteiger partial charge in [0.2, 0.25) is 0 Å². The van der Waals surface area contributed by atoms with E-state index in [-0.39, 0.29) is 9.92 Å². The topological polar surface area (TPSA) is 69.6 Å². The Balaban J connectivity index is 1.77. The van der Waals surface area contributed by atoms with E-state index in [4.69, 9.17) is 11.6 Å². The summed E-state index contributed by atoms with van der Waals surface area (Å²) < 4.78 is 38.0. The van der Waals surface area contributed by atoms with E-state index in [1.807, 2.05) is 24.3 Å². The van der Waals surface area contributed by atoms with Gasteiger partial charge in [-0.15, -0.1) is 11.3 Å². The summed E-state index contributed by atoms with van der Waals surface area (Å²) in [7, 11) is -3.32. The molecule has 3 aromatic rings. The van der Waals surface area contributed by atoms with Crippen LogP contribution in [0.25, 0.3) is 16.1 Å². The van der Waals surface area contributed by atoms with Gasteiger partial charge >= 0.3 is 0 Å². The fraction of sp³-hybridized carbons (Fsp3) is 0.217. The summed E-state index contributed by atoms with van der Waals surface area (Å²) in [5.74, 6) is -0.540. The number of hydrogen-bond acceptors (Lipinski definition) is 6. The quantitative estimate of drug-likeness (QED) is 0.517. The fourth-order valence-electron chi connectivity index (χ4n) is 3.41. The number of anilines is 1. The molecule has 4 rings (SSSR count). The molecule has 0 bridgehead atoms. The van der Waals surface area contributed by atoms with Crippen LogP contribution in [0.1, 0.15) is 18.7 Å². The van der Waals surface area contributed by atoms with Crippen LogP contribution in [0.3, 0.4) is 0 Å². The van der Waals surface area contributed by atoms with Gasteiger partial charge in [0.25, 0.3) is 0 Å². The molecule has 1 aromatic heterocycles. The molecule has 168 valence electrons. The molecule has 1 unspecified atom stereocenters. The average molecular weight is 493 g/mol. The highest BCUT2D eigenvalue weighted by atomic mass is 35.5. The highest BCUT2D eigenvalue weighted by Gasteiger charge is 2.35. The van der Waals surface area contributed by atoms with Crippen LogP contribution in [-0.2, 0) is 9.84 Å². The molecule has 1 aliphatic rings. The number of halogens is 2. The first kappa shape index (κ1) is 22.9. The summed E-state index contributed by atoms with van der Waals surface area (Å²) in [5.41, 5.74) is 4.06. The Kier molecular flexibility index (Phi) is 5.94. The smallest absolute Gasteiger partial charge is 0.175 e. The van der Waals surface area contributed by atoms with E-state index in [1.54, 1.807) is 49.2 Å². The molecule has 0 fully saturated rings. The van der Waals surface area contributed by atoms with Crippen LogP contribution < -0.4 is 10.4 Å². The van der Waals surface area contributed by atoms with Crippen LogP contribution in [-0.4, -0.2) is 31.4 Å². The zero-order valence-electron chi connectivity index (χ0n) is 17.6. The van der Waals surface area contributed by atoms with Gasteiger partial charge < -0.3 is 5.11 Å². The van der Waals surface area contributed by atoms with Crippen molar-refractivity contribution in [3.63, 3.8) is 0 Å². The lowest BCUT2D eigenvalue weighted by molar-refractivity contribution is 0.0573. The summed E-state index contributed by atoms with van der Waals surface area (Å²) in [4.78, 5) is 1.98. The highest BCUT2D eigenvalue weighted by Crippen LogP contribution is 2.40. The number of thiophene rings is 1. The van der Waals surface area contributed by atoms with Crippen molar-refractivity contribution in [2.75, 3.05) is 11.3 Å². The van der Waals surface area contributed by atoms with Crippen molar-refractivity contribution in [3.05, 3.63) is 76.4 Å². The fourth-order valence-corrected chi connectivity index (χ4v) is 5.30. The second-order valence-corrected chi connectivity index (χ2v) is 11.7. The molecule has 0 saturated carbocycles. The number of aliphatic hydroxyl groups is 1. The molecule has 0 saturated heterocycles. The van der Waals surface area contributed by atoms with Crippen LogP contribution >= 0.6 is 22.9 Å². The third-order valence-corrected chi connectivity index (χ3v) is 7.81. The molecule has 5 nitrogen and oxygen atoms in total. The average Bonchev–Trinajstić information content (AvgIpc) is 3.36. The van der Waals surface area contributed by atoms with E-state index in [1.165, 1.54) is 23.7 Å². The first-order chi connectivity index (χ1) is 14.9. The second-order valence-electron chi connectivity index (χ2n) is 8.18. The van der Waals surface area contributed by atoms with Crippen LogP contribution in [0.4, 0.5) is 10.1 Å². The molecule has 0 amide bonds. The maximum Gasteiger partial charge on any atom is 0.175 e. The van der Waals surface area contributed by atoms with Crippen molar-refractivity contribution in [1.82, 2.24) is 5.43 Å². The van der Waals surface area contributed by atoms with Gasteiger partial charge in [-0.25, -0.2) is 18.2 Å². The summed E-state index contributed by atoms with van der Waals surface area (Å²) in [6.07, 6.45) is 3.06. The lowest BCUT2D eigenvalue weighted by Crippen LogP contribution is -2.48. The summed E-state index contributed by atoms with van der Waals surface area (Å²) in [6.45, 7) is 3.37. The summed E-state index contributed by atoms with van der Waals surface area (Å²) >= 11 is 7.71. The van der Waals surface area contributed by atoms with Gasteiger partial charge in [0.15, 0.2) is 9.84 Å². The zero-order chi connectivity index (χ0) is 23.3. The largest absolute Gasteiger partial charge is 0.388 e. The van der Waals surface area contributed by atoms with Gasteiger partial charge in [-0.1, -0.05) is 29.8 Å². The van der Waals surface area contributed by atoms with Gasteiger partial charge in [0.05, 0.1) is 32.8 Å². The Morgan fingerprint density at radius 2 is 1.81 bits per heavy atom.